The molecule has 110 valence electrons. The summed E-state index contributed by atoms with van der Waals surface area (Å²) in [6, 6.07) is 7.23. The van der Waals surface area contributed by atoms with Crippen LogP contribution in [0, 0.1) is 0 Å². The molecule has 1 aromatic carbocycles. The Hall–Kier alpha value is -1.62. The van der Waals surface area contributed by atoms with Gasteiger partial charge in [0.25, 0.3) is 5.91 Å². The summed E-state index contributed by atoms with van der Waals surface area (Å²) in [5, 5.41) is 2.88. The second-order valence-corrected chi connectivity index (χ2v) is 5.08. The molecule has 0 heterocycles. The van der Waals surface area contributed by atoms with Crippen molar-refractivity contribution in [1.29, 1.82) is 0 Å². The maximum Gasteiger partial charge on any atom is 0.251 e. The van der Waals surface area contributed by atoms with Gasteiger partial charge in [0.1, 0.15) is 5.75 Å². The van der Waals surface area contributed by atoms with E-state index in [2.05, 4.69) is 5.32 Å². The zero-order valence-electron chi connectivity index (χ0n) is 11.9. The van der Waals surface area contributed by atoms with E-state index in [4.69, 9.17) is 22.7 Å². The summed E-state index contributed by atoms with van der Waals surface area (Å²) in [5.41, 5.74) is 6.03. The van der Waals surface area contributed by atoms with Gasteiger partial charge in [-0.2, -0.15) is 0 Å². The number of carbonyl (C=O) groups is 1. The first-order valence-electron chi connectivity index (χ1n) is 6.93. The first kappa shape index (κ1) is 16.4. The Labute approximate surface area is 125 Å². The van der Waals surface area contributed by atoms with Gasteiger partial charge in [-0.3, -0.25) is 4.79 Å². The van der Waals surface area contributed by atoms with E-state index in [1.807, 2.05) is 19.1 Å². The second kappa shape index (κ2) is 9.31. The van der Waals surface area contributed by atoms with E-state index in [9.17, 15) is 4.79 Å². The van der Waals surface area contributed by atoms with E-state index in [1.165, 1.54) is 0 Å². The number of benzene rings is 1. The van der Waals surface area contributed by atoms with E-state index < -0.39 is 0 Å². The largest absolute Gasteiger partial charge is 0.494 e. The van der Waals surface area contributed by atoms with Gasteiger partial charge in [-0.05, 0) is 43.9 Å². The number of unbranched alkanes of at least 4 members (excludes halogenated alkanes) is 1. The van der Waals surface area contributed by atoms with Crippen LogP contribution in [0.4, 0.5) is 0 Å². The number of nitrogens with two attached hydrogens (primary N) is 1. The summed E-state index contributed by atoms with van der Waals surface area (Å²) >= 11 is 4.80. The minimum Gasteiger partial charge on any atom is -0.494 e. The highest BCUT2D eigenvalue weighted by Crippen LogP contribution is 2.13. The molecule has 0 atom stereocenters. The van der Waals surface area contributed by atoms with Crippen LogP contribution in [0.3, 0.4) is 0 Å². The first-order chi connectivity index (χ1) is 9.63. The van der Waals surface area contributed by atoms with Gasteiger partial charge in [-0.15, -0.1) is 0 Å². The van der Waals surface area contributed by atoms with Crippen molar-refractivity contribution in [3.05, 3.63) is 29.8 Å². The molecule has 1 aromatic rings. The molecule has 0 spiro atoms. The third-order valence-corrected chi connectivity index (χ3v) is 2.91. The van der Waals surface area contributed by atoms with Gasteiger partial charge >= 0.3 is 0 Å². The van der Waals surface area contributed by atoms with E-state index in [-0.39, 0.29) is 5.91 Å². The van der Waals surface area contributed by atoms with Crippen LogP contribution in [0.2, 0.25) is 0 Å². The van der Waals surface area contributed by atoms with Crippen LogP contribution in [0.25, 0.3) is 0 Å². The molecule has 3 N–H and O–H groups in total. The molecule has 0 aliphatic carbocycles. The lowest BCUT2D eigenvalue weighted by molar-refractivity contribution is 0.0952. The minimum absolute atomic E-state index is 0.0812. The predicted molar refractivity (Wildman–Crippen MR) is 85.2 cm³/mol. The summed E-state index contributed by atoms with van der Waals surface area (Å²) in [7, 11) is 0. The Morgan fingerprint density at radius 2 is 2.20 bits per heavy atom. The van der Waals surface area contributed by atoms with Crippen LogP contribution in [0.15, 0.2) is 24.3 Å². The van der Waals surface area contributed by atoms with Crippen LogP contribution in [0.1, 0.15) is 43.0 Å². The van der Waals surface area contributed by atoms with Gasteiger partial charge in [0.15, 0.2) is 0 Å². The highest BCUT2D eigenvalue weighted by Gasteiger charge is 2.06. The number of amides is 1. The summed E-state index contributed by atoms with van der Waals surface area (Å²) in [6.07, 6.45) is 3.44. The van der Waals surface area contributed by atoms with E-state index >= 15 is 0 Å². The molecule has 0 bridgehead atoms. The number of thiocarbonyl (C=S) groups is 1. The van der Waals surface area contributed by atoms with Crippen molar-refractivity contribution in [3.8, 4) is 5.75 Å². The molecule has 0 aromatic heterocycles. The molecular weight excluding hydrogens is 272 g/mol. The molecule has 0 saturated carbocycles. The number of rotatable bonds is 9. The van der Waals surface area contributed by atoms with Crippen molar-refractivity contribution in [1.82, 2.24) is 5.32 Å². The van der Waals surface area contributed by atoms with Crippen molar-refractivity contribution >= 4 is 23.1 Å². The van der Waals surface area contributed by atoms with E-state index in [1.54, 1.807) is 12.1 Å². The van der Waals surface area contributed by atoms with Gasteiger partial charge in [-0.25, -0.2) is 0 Å². The number of carbonyl (C=O) groups excluding carboxylic acids is 1. The normalized spacial score (nSPS) is 10.1. The maximum absolute atomic E-state index is 12.0. The van der Waals surface area contributed by atoms with Crippen molar-refractivity contribution in [2.24, 2.45) is 5.73 Å². The fourth-order valence-corrected chi connectivity index (χ4v) is 1.82. The smallest absolute Gasteiger partial charge is 0.251 e. The van der Waals surface area contributed by atoms with Gasteiger partial charge < -0.3 is 15.8 Å². The van der Waals surface area contributed by atoms with E-state index in [0.29, 0.717) is 23.7 Å². The van der Waals surface area contributed by atoms with Crippen LogP contribution in [-0.2, 0) is 0 Å². The van der Waals surface area contributed by atoms with Crippen LogP contribution >= 0.6 is 12.2 Å². The summed E-state index contributed by atoms with van der Waals surface area (Å²) in [4.78, 5) is 12.5. The fourth-order valence-electron chi connectivity index (χ4n) is 1.68. The molecule has 0 fully saturated rings. The van der Waals surface area contributed by atoms with Crippen LogP contribution in [0.5, 0.6) is 5.75 Å². The van der Waals surface area contributed by atoms with Gasteiger partial charge in [-0.1, -0.05) is 25.2 Å². The highest BCUT2D eigenvalue weighted by molar-refractivity contribution is 7.80. The number of ether oxygens (including phenoxy) is 1. The second-order valence-electron chi connectivity index (χ2n) is 4.56. The molecule has 5 heteroatoms. The SMILES string of the molecule is CCCOc1cccc(C(=O)NCCCCC(N)=S)c1. The van der Waals surface area contributed by atoms with Crippen molar-refractivity contribution < 1.29 is 9.53 Å². The average molecular weight is 294 g/mol. The summed E-state index contributed by atoms with van der Waals surface area (Å²) in [5.74, 6) is 0.648. The number of hydrogen-bond acceptors (Lipinski definition) is 3. The van der Waals surface area contributed by atoms with Gasteiger partial charge in [0.2, 0.25) is 0 Å². The molecule has 4 nitrogen and oxygen atoms in total. The van der Waals surface area contributed by atoms with Crippen LogP contribution in [-0.4, -0.2) is 24.0 Å². The molecule has 1 rings (SSSR count). The lowest BCUT2D eigenvalue weighted by atomic mass is 10.2. The topological polar surface area (TPSA) is 64.3 Å². The Morgan fingerprint density at radius 3 is 2.90 bits per heavy atom. The summed E-state index contributed by atoms with van der Waals surface area (Å²) in [6.45, 7) is 3.33. The van der Waals surface area contributed by atoms with Gasteiger partial charge in [0, 0.05) is 12.1 Å². The monoisotopic (exact) mass is 294 g/mol. The molecule has 0 radical (unpaired) electrons. The predicted octanol–water partition coefficient (Wildman–Crippen LogP) is 2.66. The Kier molecular flexibility index (Phi) is 7.65. The van der Waals surface area contributed by atoms with Gasteiger partial charge in [0.05, 0.1) is 11.6 Å². The Bertz CT molecular complexity index is 449. The first-order valence-corrected chi connectivity index (χ1v) is 7.33. The van der Waals surface area contributed by atoms with Crippen LogP contribution < -0.4 is 15.8 Å². The standard InChI is InChI=1S/C15H22N2O2S/c1-2-10-19-13-7-5-6-12(11-13)15(18)17-9-4-3-8-14(16)20/h5-7,11H,2-4,8-10H2,1H3,(H2,16,20)(H,17,18). The lowest BCUT2D eigenvalue weighted by Gasteiger charge is -2.08. The lowest BCUT2D eigenvalue weighted by Crippen LogP contribution is -2.24. The highest BCUT2D eigenvalue weighted by atomic mass is 32.1. The average Bonchev–Trinajstić information content (AvgIpc) is 2.44. The molecule has 20 heavy (non-hydrogen) atoms. The molecule has 0 saturated heterocycles. The molecule has 0 unspecified atom stereocenters. The zero-order valence-corrected chi connectivity index (χ0v) is 12.7. The third kappa shape index (κ3) is 6.52. The third-order valence-electron chi connectivity index (χ3n) is 2.70. The Morgan fingerprint density at radius 1 is 1.40 bits per heavy atom. The molecular formula is C15H22N2O2S. The summed E-state index contributed by atoms with van der Waals surface area (Å²) < 4.78 is 5.51. The quantitative estimate of drug-likeness (QED) is 0.543. The minimum atomic E-state index is -0.0812. The number of nitrogens with one attached hydrogen (secondary N) is 1. The Balaban J connectivity index is 2.37. The molecule has 0 aliphatic heterocycles. The molecule has 0 aliphatic rings. The van der Waals surface area contributed by atoms with E-state index in [0.717, 1.165) is 31.4 Å². The van der Waals surface area contributed by atoms with Crippen molar-refractivity contribution in [2.75, 3.05) is 13.2 Å². The zero-order chi connectivity index (χ0) is 14.8. The van der Waals surface area contributed by atoms with Crippen molar-refractivity contribution in [3.63, 3.8) is 0 Å². The molecule has 1 amide bonds. The van der Waals surface area contributed by atoms with Crippen molar-refractivity contribution in [2.45, 2.75) is 32.6 Å². The maximum atomic E-state index is 12.0. The number of hydrogen-bond donors (Lipinski definition) is 2. The fraction of sp³-hybridized carbons (Fsp3) is 0.467.